The molecule has 1 heterocycles. The minimum atomic E-state index is 1.05. The Morgan fingerprint density at radius 2 is 2.57 bits per heavy atom. The smallest absolute Gasteiger partial charge is 0.119 e. The Labute approximate surface area is 54.9 Å². The molecule has 0 fully saturated rings. The third-order valence-electron chi connectivity index (χ3n) is 0.659. The first-order chi connectivity index (χ1) is 3.30. The average Bonchev–Trinajstić information content (AvgIpc) is 1.91. The molecule has 0 saturated carbocycles. The van der Waals surface area contributed by atoms with Gasteiger partial charge in [-0.2, -0.15) is 0 Å². The number of hydrogen-bond donors (Lipinski definition) is 0. The fraction of sp³-hybridized carbons (Fsp3) is 0.333. The molecule has 3 nitrogen and oxygen atoms in total. The van der Waals surface area contributed by atoms with E-state index in [1.54, 1.807) is 10.9 Å². The van der Waals surface area contributed by atoms with Crippen molar-refractivity contribution < 1.29 is 0 Å². The third-order valence-corrected chi connectivity index (χ3v) is 1.64. The van der Waals surface area contributed by atoms with Gasteiger partial charge in [-0.3, -0.25) is 0 Å². The maximum Gasteiger partial charge on any atom is 0.119 e. The highest BCUT2D eigenvalue weighted by Gasteiger charge is 1.87. The van der Waals surface area contributed by atoms with Crippen LogP contribution in [-0.4, -0.2) is 15.0 Å². The van der Waals surface area contributed by atoms with Gasteiger partial charge in [0.15, 0.2) is 0 Å². The predicted octanol–water partition coefficient (Wildman–Crippen LogP) is 0.420. The monoisotopic (exact) mass is 209 g/mol. The Kier molecular flexibility index (Phi) is 1.27. The van der Waals surface area contributed by atoms with Crippen molar-refractivity contribution in [2.24, 2.45) is 7.05 Å². The first kappa shape index (κ1) is 5.02. The number of rotatable bonds is 0. The van der Waals surface area contributed by atoms with E-state index in [4.69, 9.17) is 0 Å². The third kappa shape index (κ3) is 0.902. The second kappa shape index (κ2) is 1.77. The van der Waals surface area contributed by atoms with Crippen molar-refractivity contribution in [3.63, 3.8) is 0 Å². The molecule has 0 N–H and O–H groups in total. The molecule has 0 aliphatic carbocycles. The maximum absolute atomic E-state index is 3.68. The second-order valence-electron chi connectivity index (χ2n) is 1.18. The van der Waals surface area contributed by atoms with Gasteiger partial charge in [-0.1, -0.05) is 5.21 Å². The van der Waals surface area contributed by atoms with Gasteiger partial charge in [0.1, 0.15) is 3.70 Å². The molecule has 38 valence electrons. The first-order valence-electron chi connectivity index (χ1n) is 1.81. The summed E-state index contributed by atoms with van der Waals surface area (Å²) in [5, 5.41) is 7.30. The summed E-state index contributed by atoms with van der Waals surface area (Å²) in [6.45, 7) is 0. The molecule has 0 aliphatic heterocycles. The van der Waals surface area contributed by atoms with E-state index in [2.05, 4.69) is 32.9 Å². The average molecular weight is 209 g/mol. The lowest BCUT2D eigenvalue weighted by Gasteiger charge is -1.82. The minimum Gasteiger partial charge on any atom is -0.242 e. The van der Waals surface area contributed by atoms with Gasteiger partial charge in [-0.15, -0.1) is 5.10 Å². The van der Waals surface area contributed by atoms with Crippen molar-refractivity contribution in [3.8, 4) is 0 Å². The standard InChI is InChI=1S/C3H4IN3/c1-7-3(4)2-5-6-7/h2H,1H3. The molecule has 0 spiro atoms. The SMILES string of the molecule is Cn1nncc1I. The first-order valence-corrected chi connectivity index (χ1v) is 2.89. The number of hydrogen-bond acceptors (Lipinski definition) is 2. The molecule has 1 rings (SSSR count). The molecular weight excluding hydrogens is 205 g/mol. The van der Waals surface area contributed by atoms with Gasteiger partial charge in [0.2, 0.25) is 0 Å². The van der Waals surface area contributed by atoms with Crippen LogP contribution in [0, 0.1) is 3.70 Å². The van der Waals surface area contributed by atoms with Crippen molar-refractivity contribution in [2.75, 3.05) is 0 Å². The van der Waals surface area contributed by atoms with Crippen LogP contribution in [0.25, 0.3) is 0 Å². The Morgan fingerprint density at radius 1 is 1.86 bits per heavy atom. The Morgan fingerprint density at radius 3 is 2.71 bits per heavy atom. The van der Waals surface area contributed by atoms with Crippen LogP contribution in [0.1, 0.15) is 0 Å². The van der Waals surface area contributed by atoms with Gasteiger partial charge in [-0.25, -0.2) is 4.68 Å². The minimum absolute atomic E-state index is 1.05. The fourth-order valence-electron chi connectivity index (χ4n) is 0.277. The molecule has 0 aliphatic rings. The topological polar surface area (TPSA) is 30.7 Å². The van der Waals surface area contributed by atoms with E-state index in [1.807, 2.05) is 7.05 Å². The lowest BCUT2D eigenvalue weighted by molar-refractivity contribution is 0.701. The zero-order valence-electron chi connectivity index (χ0n) is 3.80. The van der Waals surface area contributed by atoms with Crippen molar-refractivity contribution in [3.05, 3.63) is 9.90 Å². The van der Waals surface area contributed by atoms with Gasteiger partial charge < -0.3 is 0 Å². The lowest BCUT2D eigenvalue weighted by atomic mass is 10.9. The normalized spacial score (nSPS) is 9.43. The molecule has 1 aromatic rings. The molecule has 0 unspecified atom stereocenters. The van der Waals surface area contributed by atoms with Crippen LogP contribution < -0.4 is 0 Å². The number of aryl methyl sites for hydroxylation is 1. The van der Waals surface area contributed by atoms with Crippen LogP contribution >= 0.6 is 22.6 Å². The van der Waals surface area contributed by atoms with Crippen LogP contribution in [-0.2, 0) is 7.05 Å². The number of aromatic nitrogens is 3. The van der Waals surface area contributed by atoms with Gasteiger partial charge in [-0.05, 0) is 22.6 Å². The van der Waals surface area contributed by atoms with Crippen LogP contribution in [0.3, 0.4) is 0 Å². The fourth-order valence-corrected chi connectivity index (χ4v) is 0.498. The lowest BCUT2D eigenvalue weighted by Crippen LogP contribution is -1.91. The summed E-state index contributed by atoms with van der Waals surface area (Å²) in [6, 6.07) is 0. The Bertz CT molecular complexity index is 142. The van der Waals surface area contributed by atoms with E-state index in [1.165, 1.54) is 0 Å². The summed E-state index contributed by atoms with van der Waals surface area (Å²) in [7, 11) is 1.86. The highest BCUT2D eigenvalue weighted by atomic mass is 127. The van der Waals surface area contributed by atoms with E-state index in [9.17, 15) is 0 Å². The van der Waals surface area contributed by atoms with E-state index in [0.717, 1.165) is 3.70 Å². The zero-order valence-corrected chi connectivity index (χ0v) is 5.95. The molecule has 4 heteroatoms. The molecular formula is C3H4IN3. The molecule has 1 aromatic heterocycles. The van der Waals surface area contributed by atoms with Gasteiger partial charge in [0.25, 0.3) is 0 Å². The van der Waals surface area contributed by atoms with E-state index in [-0.39, 0.29) is 0 Å². The molecule has 0 radical (unpaired) electrons. The number of halogens is 1. The summed E-state index contributed by atoms with van der Waals surface area (Å²) >= 11 is 2.16. The van der Waals surface area contributed by atoms with Crippen LogP contribution in [0.5, 0.6) is 0 Å². The quantitative estimate of drug-likeness (QED) is 0.579. The van der Waals surface area contributed by atoms with Crippen LogP contribution in [0.15, 0.2) is 6.20 Å². The molecule has 7 heavy (non-hydrogen) atoms. The zero-order chi connectivity index (χ0) is 5.28. The van der Waals surface area contributed by atoms with E-state index in [0.29, 0.717) is 0 Å². The summed E-state index contributed by atoms with van der Waals surface area (Å²) in [5.41, 5.74) is 0. The number of nitrogens with zero attached hydrogens (tertiary/aromatic N) is 3. The van der Waals surface area contributed by atoms with Crippen molar-refractivity contribution >= 4 is 22.6 Å². The highest BCUT2D eigenvalue weighted by molar-refractivity contribution is 14.1. The van der Waals surface area contributed by atoms with Crippen molar-refractivity contribution in [1.29, 1.82) is 0 Å². The molecule has 0 amide bonds. The van der Waals surface area contributed by atoms with Crippen molar-refractivity contribution in [1.82, 2.24) is 15.0 Å². The van der Waals surface area contributed by atoms with E-state index >= 15 is 0 Å². The van der Waals surface area contributed by atoms with Crippen LogP contribution in [0.4, 0.5) is 0 Å². The second-order valence-corrected chi connectivity index (χ2v) is 2.29. The summed E-state index contributed by atoms with van der Waals surface area (Å²) in [6.07, 6.45) is 1.71. The molecule has 0 bridgehead atoms. The predicted molar refractivity (Wildman–Crippen MR) is 33.7 cm³/mol. The van der Waals surface area contributed by atoms with E-state index < -0.39 is 0 Å². The Hall–Kier alpha value is -0.130. The van der Waals surface area contributed by atoms with Crippen molar-refractivity contribution in [2.45, 2.75) is 0 Å². The Balaban J connectivity index is 3.12. The van der Waals surface area contributed by atoms with Gasteiger partial charge in [0, 0.05) is 7.05 Å². The summed E-state index contributed by atoms with van der Waals surface area (Å²) in [4.78, 5) is 0. The molecule has 0 atom stereocenters. The summed E-state index contributed by atoms with van der Waals surface area (Å²) in [5.74, 6) is 0. The summed E-state index contributed by atoms with van der Waals surface area (Å²) < 4.78 is 2.76. The largest absolute Gasteiger partial charge is 0.242 e. The van der Waals surface area contributed by atoms with Gasteiger partial charge >= 0.3 is 0 Å². The highest BCUT2D eigenvalue weighted by Crippen LogP contribution is 1.95. The van der Waals surface area contributed by atoms with Crippen LogP contribution in [0.2, 0.25) is 0 Å². The maximum atomic E-state index is 3.68. The van der Waals surface area contributed by atoms with Gasteiger partial charge in [0.05, 0.1) is 6.20 Å². The molecule has 0 aromatic carbocycles. The molecule has 0 saturated heterocycles.